The van der Waals surface area contributed by atoms with Gasteiger partial charge in [-0.3, -0.25) is 0 Å². The molecule has 0 atom stereocenters. The highest BCUT2D eigenvalue weighted by atomic mass is 16.5. The lowest BCUT2D eigenvalue weighted by molar-refractivity contribution is -0.129. The fourth-order valence-corrected chi connectivity index (χ4v) is 2.60. The van der Waals surface area contributed by atoms with E-state index in [1.54, 1.807) is 0 Å². The van der Waals surface area contributed by atoms with E-state index in [1.807, 2.05) is 38.1 Å². The summed E-state index contributed by atoms with van der Waals surface area (Å²) in [5, 5.41) is 0. The summed E-state index contributed by atoms with van der Waals surface area (Å²) < 4.78 is 5.48. The maximum absolute atomic E-state index is 11.8. The van der Waals surface area contributed by atoms with Crippen molar-refractivity contribution in [2.45, 2.75) is 20.3 Å². The number of carbonyl (C=O) groups is 1. The molecule has 1 aliphatic rings. The van der Waals surface area contributed by atoms with Crippen molar-refractivity contribution in [2.75, 3.05) is 0 Å². The summed E-state index contributed by atoms with van der Waals surface area (Å²) in [5.74, 6) is 0.357. The molecular weight excluding hydrogens is 248 g/mol. The van der Waals surface area contributed by atoms with Gasteiger partial charge in [0, 0.05) is 18.1 Å². The van der Waals surface area contributed by atoms with E-state index in [2.05, 4.69) is 18.2 Å². The van der Waals surface area contributed by atoms with E-state index in [1.165, 1.54) is 22.8 Å². The zero-order valence-electron chi connectivity index (χ0n) is 11.6. The monoisotopic (exact) mass is 264 g/mol. The normalized spacial score (nSPS) is 11.5. The molecule has 0 aliphatic heterocycles. The molecule has 20 heavy (non-hydrogen) atoms. The Kier molecular flexibility index (Phi) is 3.15. The van der Waals surface area contributed by atoms with Crippen LogP contribution in [0, 0.1) is 0 Å². The zero-order valence-corrected chi connectivity index (χ0v) is 11.6. The number of ether oxygens (including phenoxy) is 1. The molecular formula is C18H16O2. The molecule has 2 aromatic carbocycles. The van der Waals surface area contributed by atoms with Crippen LogP contribution in [0.2, 0.25) is 0 Å². The molecule has 100 valence electrons. The van der Waals surface area contributed by atoms with E-state index in [0.29, 0.717) is 5.75 Å². The maximum atomic E-state index is 11.8. The van der Waals surface area contributed by atoms with Crippen molar-refractivity contribution in [2.24, 2.45) is 0 Å². The van der Waals surface area contributed by atoms with Gasteiger partial charge in [0.2, 0.25) is 0 Å². The Morgan fingerprint density at radius 3 is 2.60 bits per heavy atom. The van der Waals surface area contributed by atoms with Gasteiger partial charge in [-0.1, -0.05) is 42.0 Å². The van der Waals surface area contributed by atoms with E-state index >= 15 is 0 Å². The maximum Gasteiger partial charge on any atom is 0.336 e. The van der Waals surface area contributed by atoms with Gasteiger partial charge in [-0.2, -0.15) is 0 Å². The molecule has 0 amide bonds. The van der Waals surface area contributed by atoms with E-state index in [9.17, 15) is 4.79 Å². The van der Waals surface area contributed by atoms with Crippen molar-refractivity contribution in [3.05, 3.63) is 65.2 Å². The van der Waals surface area contributed by atoms with Gasteiger partial charge < -0.3 is 4.74 Å². The van der Waals surface area contributed by atoms with Crippen LogP contribution in [0.15, 0.2) is 54.1 Å². The van der Waals surface area contributed by atoms with Crippen LogP contribution >= 0.6 is 0 Å². The Balaban J connectivity index is 1.97. The van der Waals surface area contributed by atoms with E-state index in [-0.39, 0.29) is 5.97 Å². The van der Waals surface area contributed by atoms with Gasteiger partial charge in [0.05, 0.1) is 0 Å². The SMILES string of the molecule is CC(C)=CC(=O)Oc1cccc2c1Cc1ccccc1-2. The standard InChI is InChI=1S/C18H16O2/c1-12(2)10-18(19)20-17-9-5-8-15-14-7-4-3-6-13(14)11-16(15)17/h3-10H,11H2,1-2H3. The number of rotatable bonds is 2. The fourth-order valence-electron chi connectivity index (χ4n) is 2.60. The topological polar surface area (TPSA) is 26.3 Å². The number of carbonyl (C=O) groups excluding carboxylic acids is 1. The molecule has 0 fully saturated rings. The highest BCUT2D eigenvalue weighted by Crippen LogP contribution is 2.40. The van der Waals surface area contributed by atoms with Gasteiger partial charge >= 0.3 is 5.97 Å². The number of hydrogen-bond acceptors (Lipinski definition) is 2. The Labute approximate surface area is 118 Å². The summed E-state index contributed by atoms with van der Waals surface area (Å²) >= 11 is 0. The van der Waals surface area contributed by atoms with Crippen molar-refractivity contribution < 1.29 is 9.53 Å². The lowest BCUT2D eigenvalue weighted by Crippen LogP contribution is -2.06. The summed E-state index contributed by atoms with van der Waals surface area (Å²) in [6.45, 7) is 3.76. The van der Waals surface area contributed by atoms with Crippen LogP contribution in [0.3, 0.4) is 0 Å². The second-order valence-corrected chi connectivity index (χ2v) is 5.26. The summed E-state index contributed by atoms with van der Waals surface area (Å²) in [5.41, 5.74) is 5.73. The molecule has 0 spiro atoms. The zero-order chi connectivity index (χ0) is 14.1. The number of allylic oxidation sites excluding steroid dienone is 1. The predicted molar refractivity (Wildman–Crippen MR) is 79.8 cm³/mol. The molecule has 0 saturated heterocycles. The molecule has 2 heteroatoms. The van der Waals surface area contributed by atoms with E-state index < -0.39 is 0 Å². The lowest BCUT2D eigenvalue weighted by Gasteiger charge is -2.07. The van der Waals surface area contributed by atoms with Crippen molar-refractivity contribution in [1.82, 2.24) is 0 Å². The molecule has 0 aromatic heterocycles. The van der Waals surface area contributed by atoms with Crippen LogP contribution < -0.4 is 4.74 Å². The molecule has 0 unspecified atom stereocenters. The van der Waals surface area contributed by atoms with Crippen LogP contribution in [0.25, 0.3) is 11.1 Å². The molecule has 2 aromatic rings. The summed E-state index contributed by atoms with van der Waals surface area (Å²) in [6.07, 6.45) is 2.34. The van der Waals surface area contributed by atoms with Gasteiger partial charge in [-0.15, -0.1) is 0 Å². The third-order valence-corrected chi connectivity index (χ3v) is 3.42. The molecule has 2 nitrogen and oxygen atoms in total. The molecule has 0 saturated carbocycles. The molecule has 3 rings (SSSR count). The molecule has 0 heterocycles. The summed E-state index contributed by atoms with van der Waals surface area (Å²) in [6, 6.07) is 14.2. The minimum Gasteiger partial charge on any atom is -0.423 e. The van der Waals surface area contributed by atoms with Gasteiger partial charge in [0.1, 0.15) is 5.75 Å². The number of benzene rings is 2. The predicted octanol–water partition coefficient (Wildman–Crippen LogP) is 4.13. The number of esters is 1. The first-order chi connectivity index (χ1) is 9.65. The van der Waals surface area contributed by atoms with Crippen molar-refractivity contribution in [1.29, 1.82) is 0 Å². The fraction of sp³-hybridized carbons (Fsp3) is 0.167. The van der Waals surface area contributed by atoms with Crippen LogP contribution in [0.1, 0.15) is 25.0 Å². The highest BCUT2D eigenvalue weighted by Gasteiger charge is 2.21. The average molecular weight is 264 g/mol. The second kappa shape index (κ2) is 4.97. The van der Waals surface area contributed by atoms with Crippen LogP contribution in [0.5, 0.6) is 5.75 Å². The Morgan fingerprint density at radius 1 is 1.05 bits per heavy atom. The highest BCUT2D eigenvalue weighted by molar-refractivity contribution is 5.86. The first kappa shape index (κ1) is 12.7. The third kappa shape index (κ3) is 2.25. The summed E-state index contributed by atoms with van der Waals surface area (Å²) in [7, 11) is 0. The van der Waals surface area contributed by atoms with E-state index in [0.717, 1.165) is 17.6 Å². The van der Waals surface area contributed by atoms with Gasteiger partial charge in [-0.25, -0.2) is 4.79 Å². The Hall–Kier alpha value is -2.35. The summed E-state index contributed by atoms with van der Waals surface area (Å²) in [4.78, 5) is 11.8. The molecule has 0 N–H and O–H groups in total. The van der Waals surface area contributed by atoms with Gasteiger partial charge in [0.25, 0.3) is 0 Å². The van der Waals surface area contributed by atoms with Gasteiger partial charge in [-0.05, 0) is 36.6 Å². The largest absolute Gasteiger partial charge is 0.423 e. The molecule has 0 radical (unpaired) electrons. The van der Waals surface area contributed by atoms with Crippen molar-refractivity contribution in [3.63, 3.8) is 0 Å². The van der Waals surface area contributed by atoms with Crippen molar-refractivity contribution in [3.8, 4) is 16.9 Å². The first-order valence-electron chi connectivity index (χ1n) is 6.72. The van der Waals surface area contributed by atoms with Gasteiger partial charge in [0.15, 0.2) is 0 Å². The van der Waals surface area contributed by atoms with Crippen LogP contribution in [0.4, 0.5) is 0 Å². The average Bonchev–Trinajstić information content (AvgIpc) is 2.78. The minimum atomic E-state index is -0.311. The van der Waals surface area contributed by atoms with E-state index in [4.69, 9.17) is 4.74 Å². The third-order valence-electron chi connectivity index (χ3n) is 3.42. The van der Waals surface area contributed by atoms with Crippen LogP contribution in [-0.2, 0) is 11.2 Å². The van der Waals surface area contributed by atoms with Crippen LogP contribution in [-0.4, -0.2) is 5.97 Å². The number of fused-ring (bicyclic) bond motifs is 3. The number of hydrogen-bond donors (Lipinski definition) is 0. The molecule has 1 aliphatic carbocycles. The molecule has 0 bridgehead atoms. The minimum absolute atomic E-state index is 0.311. The first-order valence-corrected chi connectivity index (χ1v) is 6.72. The quantitative estimate of drug-likeness (QED) is 0.395. The second-order valence-electron chi connectivity index (χ2n) is 5.26. The lowest BCUT2D eigenvalue weighted by atomic mass is 10.1. The Morgan fingerprint density at radius 2 is 1.80 bits per heavy atom. The van der Waals surface area contributed by atoms with Crippen molar-refractivity contribution >= 4 is 5.97 Å². The smallest absolute Gasteiger partial charge is 0.336 e. The Bertz CT molecular complexity index is 707.